The minimum Gasteiger partial charge on any atom is -0.423 e. The van der Waals surface area contributed by atoms with Gasteiger partial charge in [0.05, 0.1) is 0 Å². The number of hydrogen-bond acceptors (Lipinski definition) is 3. The number of thiocarbonyl (C=S) groups is 1. The van der Waals surface area contributed by atoms with Gasteiger partial charge in [0.15, 0.2) is 5.11 Å². The third kappa shape index (κ3) is 2.57. The van der Waals surface area contributed by atoms with Crippen molar-refractivity contribution in [3.8, 4) is 0 Å². The first-order chi connectivity index (χ1) is 11.6. The van der Waals surface area contributed by atoms with Crippen LogP contribution >= 0.6 is 12.2 Å². The van der Waals surface area contributed by atoms with E-state index in [1.807, 2.05) is 37.3 Å². The SMILES string of the molecule is Cc1cc(=O)oc2cc(NC(=S)N3CCc4ccccc43)ccc12. The van der Waals surface area contributed by atoms with E-state index >= 15 is 0 Å². The molecule has 24 heavy (non-hydrogen) atoms. The zero-order valence-corrected chi connectivity index (χ0v) is 14.0. The van der Waals surface area contributed by atoms with Crippen LogP contribution in [0.1, 0.15) is 11.1 Å². The summed E-state index contributed by atoms with van der Waals surface area (Å²) in [6.07, 6.45) is 0.990. The summed E-state index contributed by atoms with van der Waals surface area (Å²) >= 11 is 5.57. The number of nitrogens with zero attached hydrogens (tertiary/aromatic N) is 1. The molecular formula is C19H16N2O2S. The fraction of sp³-hybridized carbons (Fsp3) is 0.158. The van der Waals surface area contributed by atoms with Gasteiger partial charge >= 0.3 is 5.63 Å². The molecule has 0 saturated carbocycles. The lowest BCUT2D eigenvalue weighted by Gasteiger charge is -2.21. The van der Waals surface area contributed by atoms with E-state index in [4.69, 9.17) is 16.6 Å². The minimum atomic E-state index is -0.340. The lowest BCUT2D eigenvalue weighted by Crippen LogP contribution is -2.33. The Bertz CT molecular complexity index is 1010. The standard InChI is InChI=1S/C19H16N2O2S/c1-12-10-18(22)23-17-11-14(6-7-15(12)17)20-19(24)21-9-8-13-4-2-3-5-16(13)21/h2-7,10-11H,8-9H2,1H3,(H,20,24). The monoisotopic (exact) mass is 336 g/mol. The number of anilines is 2. The number of aryl methyl sites for hydroxylation is 1. The van der Waals surface area contributed by atoms with Crippen LogP contribution in [0.25, 0.3) is 11.0 Å². The maximum atomic E-state index is 11.6. The van der Waals surface area contributed by atoms with Gasteiger partial charge in [-0.15, -0.1) is 0 Å². The average Bonchev–Trinajstić information content (AvgIpc) is 2.98. The average molecular weight is 336 g/mol. The molecule has 3 aromatic rings. The highest BCUT2D eigenvalue weighted by Gasteiger charge is 2.21. The summed E-state index contributed by atoms with van der Waals surface area (Å²) in [6.45, 7) is 2.77. The molecule has 0 atom stereocenters. The topological polar surface area (TPSA) is 45.5 Å². The van der Waals surface area contributed by atoms with Gasteiger partial charge in [-0.2, -0.15) is 0 Å². The summed E-state index contributed by atoms with van der Waals surface area (Å²) in [6, 6.07) is 15.5. The van der Waals surface area contributed by atoms with E-state index in [2.05, 4.69) is 22.3 Å². The van der Waals surface area contributed by atoms with Crippen LogP contribution in [-0.2, 0) is 6.42 Å². The van der Waals surface area contributed by atoms with Gasteiger partial charge in [-0.05, 0) is 54.9 Å². The second-order valence-electron chi connectivity index (χ2n) is 5.92. The van der Waals surface area contributed by atoms with Crippen LogP contribution in [0.5, 0.6) is 0 Å². The van der Waals surface area contributed by atoms with Gasteiger partial charge in [-0.3, -0.25) is 0 Å². The molecule has 1 N–H and O–H groups in total. The highest BCUT2D eigenvalue weighted by Crippen LogP contribution is 2.28. The number of nitrogens with one attached hydrogen (secondary N) is 1. The van der Waals surface area contributed by atoms with Crippen LogP contribution in [-0.4, -0.2) is 11.7 Å². The number of hydrogen-bond donors (Lipinski definition) is 1. The molecule has 0 amide bonds. The summed E-state index contributed by atoms with van der Waals surface area (Å²) in [5.74, 6) is 0. The second-order valence-corrected chi connectivity index (χ2v) is 6.31. The Morgan fingerprint density at radius 3 is 2.92 bits per heavy atom. The highest BCUT2D eigenvalue weighted by atomic mass is 32.1. The molecule has 5 heteroatoms. The maximum absolute atomic E-state index is 11.6. The summed E-state index contributed by atoms with van der Waals surface area (Å²) in [7, 11) is 0. The summed E-state index contributed by atoms with van der Waals surface area (Å²) in [5.41, 5.74) is 4.40. The molecule has 0 radical (unpaired) electrons. The Labute approximate surface area is 144 Å². The molecule has 0 bridgehead atoms. The Hall–Kier alpha value is -2.66. The number of rotatable bonds is 1. The zero-order chi connectivity index (χ0) is 16.7. The first-order valence-electron chi connectivity index (χ1n) is 7.83. The van der Waals surface area contributed by atoms with Gasteiger partial charge in [-0.1, -0.05) is 18.2 Å². The summed E-state index contributed by atoms with van der Waals surface area (Å²) < 4.78 is 5.29. The molecule has 2 heterocycles. The maximum Gasteiger partial charge on any atom is 0.336 e. The molecule has 0 unspecified atom stereocenters. The van der Waals surface area contributed by atoms with Crippen LogP contribution in [0.15, 0.2) is 57.7 Å². The predicted octanol–water partition coefficient (Wildman–Crippen LogP) is 3.86. The Morgan fingerprint density at radius 1 is 1.21 bits per heavy atom. The molecule has 1 aromatic heterocycles. The van der Waals surface area contributed by atoms with E-state index in [1.54, 1.807) is 0 Å². The van der Waals surface area contributed by atoms with Crippen molar-refractivity contribution in [3.63, 3.8) is 0 Å². The van der Waals surface area contributed by atoms with Crippen molar-refractivity contribution in [1.29, 1.82) is 0 Å². The Morgan fingerprint density at radius 2 is 2.04 bits per heavy atom. The molecule has 0 fully saturated rings. The van der Waals surface area contributed by atoms with Crippen LogP contribution in [0.2, 0.25) is 0 Å². The lowest BCUT2D eigenvalue weighted by molar-refractivity contribution is 0.560. The second kappa shape index (κ2) is 5.76. The van der Waals surface area contributed by atoms with E-state index in [0.29, 0.717) is 10.7 Å². The van der Waals surface area contributed by atoms with Gasteiger partial charge in [0.1, 0.15) is 5.58 Å². The fourth-order valence-corrected chi connectivity index (χ4v) is 3.45. The van der Waals surface area contributed by atoms with Crippen molar-refractivity contribution in [1.82, 2.24) is 0 Å². The third-order valence-corrected chi connectivity index (χ3v) is 4.66. The normalized spacial score (nSPS) is 13.1. The van der Waals surface area contributed by atoms with Crippen LogP contribution in [0.3, 0.4) is 0 Å². The molecule has 1 aliphatic heterocycles. The van der Waals surface area contributed by atoms with Gasteiger partial charge in [0.25, 0.3) is 0 Å². The van der Waals surface area contributed by atoms with Crippen molar-refractivity contribution in [3.05, 3.63) is 70.1 Å². The van der Waals surface area contributed by atoms with E-state index in [9.17, 15) is 4.79 Å². The molecule has 0 aliphatic carbocycles. The van der Waals surface area contributed by atoms with E-state index in [1.165, 1.54) is 11.6 Å². The summed E-state index contributed by atoms with van der Waals surface area (Å²) in [5, 5.41) is 4.83. The third-order valence-electron chi connectivity index (χ3n) is 4.33. The first-order valence-corrected chi connectivity index (χ1v) is 8.23. The first kappa shape index (κ1) is 14.9. The highest BCUT2D eigenvalue weighted by molar-refractivity contribution is 7.80. The molecule has 120 valence electrons. The van der Waals surface area contributed by atoms with Gasteiger partial charge < -0.3 is 14.6 Å². The zero-order valence-electron chi connectivity index (χ0n) is 13.2. The molecular weight excluding hydrogens is 320 g/mol. The van der Waals surface area contributed by atoms with E-state index in [-0.39, 0.29) is 5.63 Å². The summed E-state index contributed by atoms with van der Waals surface area (Å²) in [4.78, 5) is 13.7. The van der Waals surface area contributed by atoms with Crippen LogP contribution in [0.4, 0.5) is 11.4 Å². The molecule has 4 rings (SSSR count). The largest absolute Gasteiger partial charge is 0.423 e. The van der Waals surface area contributed by atoms with Crippen molar-refractivity contribution in [2.75, 3.05) is 16.8 Å². The lowest BCUT2D eigenvalue weighted by atomic mass is 10.1. The number of benzene rings is 2. The van der Waals surface area contributed by atoms with E-state index < -0.39 is 0 Å². The fourth-order valence-electron chi connectivity index (χ4n) is 3.14. The van der Waals surface area contributed by atoms with Crippen molar-refractivity contribution < 1.29 is 4.42 Å². The minimum absolute atomic E-state index is 0.340. The molecule has 0 spiro atoms. The molecule has 0 saturated heterocycles. The molecule has 4 nitrogen and oxygen atoms in total. The molecule has 1 aliphatic rings. The Kier molecular flexibility index (Phi) is 3.58. The van der Waals surface area contributed by atoms with Gasteiger partial charge in [-0.25, -0.2) is 4.79 Å². The quantitative estimate of drug-likeness (QED) is 0.540. The smallest absolute Gasteiger partial charge is 0.336 e. The predicted molar refractivity (Wildman–Crippen MR) is 101 cm³/mol. The van der Waals surface area contributed by atoms with Crippen molar-refractivity contribution in [2.45, 2.75) is 13.3 Å². The van der Waals surface area contributed by atoms with Gasteiger partial charge in [0.2, 0.25) is 0 Å². The number of para-hydroxylation sites is 1. The Balaban J connectivity index is 1.63. The van der Waals surface area contributed by atoms with Crippen molar-refractivity contribution >= 4 is 39.7 Å². The van der Waals surface area contributed by atoms with Crippen molar-refractivity contribution in [2.24, 2.45) is 0 Å². The molecule has 2 aromatic carbocycles. The van der Waals surface area contributed by atoms with Gasteiger partial charge in [0, 0.05) is 35.4 Å². The number of fused-ring (bicyclic) bond motifs is 2. The van der Waals surface area contributed by atoms with Crippen LogP contribution in [0, 0.1) is 6.92 Å². The van der Waals surface area contributed by atoms with Crippen LogP contribution < -0.4 is 15.8 Å². The van der Waals surface area contributed by atoms with E-state index in [0.717, 1.165) is 35.3 Å².